The van der Waals surface area contributed by atoms with Gasteiger partial charge in [0.15, 0.2) is 6.29 Å². The average molecular weight is 427 g/mol. The van der Waals surface area contributed by atoms with Crippen LogP contribution in [-0.4, -0.2) is 92.7 Å². The van der Waals surface area contributed by atoms with Gasteiger partial charge < -0.3 is 51.8 Å². The number of aliphatic hydroxyl groups is 5. The van der Waals surface area contributed by atoms with Gasteiger partial charge in [-0.05, 0) is 18.9 Å². The van der Waals surface area contributed by atoms with Gasteiger partial charge in [-0.3, -0.25) is 0 Å². The minimum Gasteiger partial charge on any atom is -0.391 e. The topological polar surface area (TPSA) is 184 Å². The van der Waals surface area contributed by atoms with Crippen LogP contribution in [0.4, 0.5) is 0 Å². The van der Waals surface area contributed by atoms with Gasteiger partial charge in [0.2, 0.25) is 0 Å². The number of nitrogens with two attached hydrogens (primary N) is 2. The molecule has 0 aromatic heterocycles. The van der Waals surface area contributed by atoms with Gasteiger partial charge in [0.1, 0.15) is 30.5 Å². The smallest absolute Gasteiger partial charge is 0.176 e. The number of nitrogens with one attached hydrogen (secondary N) is 1. The molecule has 30 heavy (non-hydrogen) atoms. The molecule has 6 unspecified atom stereocenters. The number of aliphatic hydroxyl groups excluding tert-OH is 5. The number of rotatable bonds is 6. The summed E-state index contributed by atoms with van der Waals surface area (Å²) in [6, 6.07) is 7.41. The van der Waals surface area contributed by atoms with Crippen LogP contribution in [0.25, 0.3) is 0 Å². The highest BCUT2D eigenvalue weighted by Crippen LogP contribution is 2.28. The van der Waals surface area contributed by atoms with Gasteiger partial charge in [0, 0.05) is 18.6 Å². The van der Waals surface area contributed by atoms with Crippen LogP contribution in [0.1, 0.15) is 18.9 Å². The molecule has 0 amide bonds. The van der Waals surface area contributed by atoms with Gasteiger partial charge in [-0.25, -0.2) is 0 Å². The minimum absolute atomic E-state index is 0.322. The second-order valence-corrected chi connectivity index (χ2v) is 8.22. The van der Waals surface area contributed by atoms with Crippen molar-refractivity contribution < 1.29 is 35.0 Å². The third kappa shape index (κ3) is 5.00. The lowest BCUT2D eigenvalue weighted by molar-refractivity contribution is -0.301. The quantitative estimate of drug-likeness (QED) is 0.235. The van der Waals surface area contributed by atoms with E-state index in [1.165, 1.54) is 6.92 Å². The van der Waals surface area contributed by atoms with E-state index in [1.807, 2.05) is 30.3 Å². The van der Waals surface area contributed by atoms with Crippen molar-refractivity contribution in [1.82, 2.24) is 5.32 Å². The van der Waals surface area contributed by atoms with Crippen molar-refractivity contribution in [3.8, 4) is 0 Å². The minimum atomic E-state index is -1.40. The van der Waals surface area contributed by atoms with Gasteiger partial charge in [-0.2, -0.15) is 0 Å². The molecular weight excluding hydrogens is 394 g/mol. The molecule has 1 saturated carbocycles. The van der Waals surface area contributed by atoms with Crippen molar-refractivity contribution in [3.05, 3.63) is 35.9 Å². The summed E-state index contributed by atoms with van der Waals surface area (Å²) in [7, 11) is 0. The normalized spacial score (nSPS) is 43.3. The molecule has 3 rings (SSSR count). The molecule has 1 aromatic rings. The van der Waals surface area contributed by atoms with Crippen LogP contribution < -0.4 is 16.8 Å². The highest BCUT2D eigenvalue weighted by Gasteiger charge is 2.49. The predicted molar refractivity (Wildman–Crippen MR) is 107 cm³/mol. The van der Waals surface area contributed by atoms with Gasteiger partial charge in [0.25, 0.3) is 0 Å². The van der Waals surface area contributed by atoms with Crippen molar-refractivity contribution in [1.29, 1.82) is 0 Å². The Labute approximate surface area is 175 Å². The van der Waals surface area contributed by atoms with E-state index in [2.05, 4.69) is 5.32 Å². The molecule has 2 fully saturated rings. The summed E-state index contributed by atoms with van der Waals surface area (Å²) in [4.78, 5) is 0. The van der Waals surface area contributed by atoms with Crippen molar-refractivity contribution in [2.24, 2.45) is 11.5 Å². The summed E-state index contributed by atoms with van der Waals surface area (Å²) in [5, 5.41) is 54.4. The van der Waals surface area contributed by atoms with Crippen LogP contribution in [0.15, 0.2) is 30.3 Å². The number of hydrogen-bond acceptors (Lipinski definition) is 10. The molecule has 0 radical (unpaired) electrons. The number of ether oxygens (including phenoxy) is 2. The summed E-state index contributed by atoms with van der Waals surface area (Å²) in [5.74, 6) is 0. The molecule has 1 heterocycles. The lowest BCUT2D eigenvalue weighted by Crippen LogP contribution is -2.68. The summed E-state index contributed by atoms with van der Waals surface area (Å²) in [6.45, 7) is 1.91. The first kappa shape index (κ1) is 23.5. The zero-order valence-corrected chi connectivity index (χ0v) is 16.9. The first-order chi connectivity index (χ1) is 14.2. The van der Waals surface area contributed by atoms with Crippen LogP contribution in [0.3, 0.4) is 0 Å². The first-order valence-corrected chi connectivity index (χ1v) is 10.2. The van der Waals surface area contributed by atoms with E-state index in [0.29, 0.717) is 13.0 Å². The van der Waals surface area contributed by atoms with E-state index in [0.717, 1.165) is 5.56 Å². The monoisotopic (exact) mass is 427 g/mol. The van der Waals surface area contributed by atoms with Crippen LogP contribution >= 0.6 is 0 Å². The molecule has 170 valence electrons. The Morgan fingerprint density at radius 1 is 1.07 bits per heavy atom. The molecule has 1 aliphatic heterocycles. The van der Waals surface area contributed by atoms with E-state index in [9.17, 15) is 25.5 Å². The summed E-state index contributed by atoms with van der Waals surface area (Å²) in [5.41, 5.74) is 13.2. The SMILES string of the molecule is CC(O)C1O[C@H](O[C@@H]2C(N)CC(NCc3ccccc3)[C@@H](O)C2O)[C@@H](N)C(O)[C@@H]1O. The molecule has 2 aliphatic rings. The molecule has 11 atom stereocenters. The molecule has 1 aromatic carbocycles. The zero-order chi connectivity index (χ0) is 22.0. The second-order valence-electron chi connectivity index (χ2n) is 8.22. The molecule has 10 nitrogen and oxygen atoms in total. The van der Waals surface area contributed by atoms with Gasteiger partial charge in [0.05, 0.1) is 18.2 Å². The highest BCUT2D eigenvalue weighted by atomic mass is 16.7. The van der Waals surface area contributed by atoms with E-state index >= 15 is 0 Å². The van der Waals surface area contributed by atoms with E-state index in [4.69, 9.17) is 20.9 Å². The van der Waals surface area contributed by atoms with Crippen molar-refractivity contribution in [2.45, 2.75) is 87.0 Å². The molecule has 0 bridgehead atoms. The van der Waals surface area contributed by atoms with Crippen molar-refractivity contribution >= 4 is 0 Å². The van der Waals surface area contributed by atoms with Crippen LogP contribution in [0.2, 0.25) is 0 Å². The highest BCUT2D eigenvalue weighted by molar-refractivity contribution is 5.14. The van der Waals surface area contributed by atoms with E-state index in [-0.39, 0.29) is 0 Å². The van der Waals surface area contributed by atoms with Crippen LogP contribution in [0, 0.1) is 0 Å². The molecule has 0 spiro atoms. The molecule has 10 heteroatoms. The fourth-order valence-corrected chi connectivity index (χ4v) is 4.07. The maximum atomic E-state index is 10.6. The molecular formula is C20H33N3O7. The van der Waals surface area contributed by atoms with Gasteiger partial charge in [-0.1, -0.05) is 30.3 Å². The lowest BCUT2D eigenvalue weighted by atomic mass is 9.84. The second kappa shape index (κ2) is 9.96. The zero-order valence-electron chi connectivity index (χ0n) is 16.9. The van der Waals surface area contributed by atoms with Crippen LogP contribution in [0.5, 0.6) is 0 Å². The van der Waals surface area contributed by atoms with Crippen molar-refractivity contribution in [3.63, 3.8) is 0 Å². The number of benzene rings is 1. The molecule has 1 saturated heterocycles. The Hall–Kier alpha value is -1.18. The van der Waals surface area contributed by atoms with Crippen LogP contribution in [-0.2, 0) is 16.0 Å². The fourth-order valence-electron chi connectivity index (χ4n) is 4.07. The summed E-state index contributed by atoms with van der Waals surface area (Å²) < 4.78 is 11.3. The van der Waals surface area contributed by atoms with Gasteiger partial charge in [-0.15, -0.1) is 0 Å². The third-order valence-electron chi connectivity index (χ3n) is 5.91. The van der Waals surface area contributed by atoms with Crippen molar-refractivity contribution in [2.75, 3.05) is 0 Å². The maximum Gasteiger partial charge on any atom is 0.176 e. The lowest BCUT2D eigenvalue weighted by Gasteiger charge is -2.47. The molecule has 10 N–H and O–H groups in total. The number of hydrogen-bond donors (Lipinski definition) is 8. The maximum absolute atomic E-state index is 10.6. The molecule has 1 aliphatic carbocycles. The predicted octanol–water partition coefficient (Wildman–Crippen LogP) is -2.86. The van der Waals surface area contributed by atoms with Gasteiger partial charge >= 0.3 is 0 Å². The standard InChI is InChI=1S/C20H33N3O7/c1-9(24)18-17(28)15(26)13(22)20(29-18)30-19-11(21)7-12(14(25)16(19)27)23-8-10-5-3-2-4-6-10/h2-6,9,11-20,23-28H,7-8,21-22H2,1H3/t9?,11?,12?,13-,14+,15?,16?,17-,18?,19+,20+/m0/s1. The Kier molecular flexibility index (Phi) is 7.80. The Bertz CT molecular complexity index is 667. The Morgan fingerprint density at radius 3 is 2.37 bits per heavy atom. The largest absolute Gasteiger partial charge is 0.391 e. The van der Waals surface area contributed by atoms with E-state index < -0.39 is 67.1 Å². The van der Waals surface area contributed by atoms with E-state index in [1.54, 1.807) is 0 Å². The summed E-state index contributed by atoms with van der Waals surface area (Å²) in [6.07, 6.45) is -9.39. The average Bonchev–Trinajstić information content (AvgIpc) is 2.73. The first-order valence-electron chi connectivity index (χ1n) is 10.2. The third-order valence-corrected chi connectivity index (χ3v) is 5.91. The Morgan fingerprint density at radius 2 is 1.73 bits per heavy atom. The summed E-state index contributed by atoms with van der Waals surface area (Å²) >= 11 is 0. The Balaban J connectivity index is 1.63. The fraction of sp³-hybridized carbons (Fsp3) is 0.700.